The van der Waals surface area contributed by atoms with Crippen LogP contribution in [0, 0.1) is 18.6 Å². The van der Waals surface area contributed by atoms with E-state index in [1.165, 1.54) is 11.3 Å². The normalized spacial score (nSPS) is 10.9. The van der Waals surface area contributed by atoms with Crippen LogP contribution in [0.4, 0.5) is 8.78 Å². The predicted molar refractivity (Wildman–Crippen MR) is 107 cm³/mol. The van der Waals surface area contributed by atoms with Gasteiger partial charge in [0.2, 0.25) is 5.91 Å². The molecule has 3 aromatic rings. The number of aryl methyl sites for hydroxylation is 1. The lowest BCUT2D eigenvalue weighted by Gasteiger charge is -2.11. The van der Waals surface area contributed by atoms with Crippen molar-refractivity contribution in [2.75, 3.05) is 6.61 Å². The summed E-state index contributed by atoms with van der Waals surface area (Å²) >= 11 is 7.50. The van der Waals surface area contributed by atoms with Crippen LogP contribution in [0.2, 0.25) is 5.02 Å². The zero-order valence-electron chi connectivity index (χ0n) is 15.5. The SMILES string of the molecule is CCOC(=O)c1sc2c(C)ccc(Cl)c2c1COc1c(F)cc(C(N)=O)cc1F. The lowest BCUT2D eigenvalue weighted by Crippen LogP contribution is -2.13. The van der Waals surface area contributed by atoms with Crippen molar-refractivity contribution < 1.29 is 27.8 Å². The van der Waals surface area contributed by atoms with E-state index in [4.69, 9.17) is 26.8 Å². The fourth-order valence-corrected chi connectivity index (χ4v) is 4.36. The highest BCUT2D eigenvalue weighted by atomic mass is 35.5. The Balaban J connectivity index is 2.06. The number of primary amides is 1. The van der Waals surface area contributed by atoms with Crippen molar-refractivity contribution in [1.82, 2.24) is 0 Å². The number of esters is 1. The second-order valence-electron chi connectivity index (χ2n) is 6.12. The number of halogens is 3. The molecule has 0 radical (unpaired) electrons. The topological polar surface area (TPSA) is 78.6 Å². The number of hydrogen-bond acceptors (Lipinski definition) is 5. The second-order valence-corrected chi connectivity index (χ2v) is 7.55. The van der Waals surface area contributed by atoms with E-state index in [1.54, 1.807) is 13.0 Å². The van der Waals surface area contributed by atoms with E-state index in [2.05, 4.69) is 0 Å². The Labute approximate surface area is 174 Å². The van der Waals surface area contributed by atoms with Gasteiger partial charge in [-0.25, -0.2) is 13.6 Å². The second kappa shape index (κ2) is 8.34. The van der Waals surface area contributed by atoms with Gasteiger partial charge >= 0.3 is 5.97 Å². The highest BCUT2D eigenvalue weighted by Gasteiger charge is 2.24. The van der Waals surface area contributed by atoms with Gasteiger partial charge < -0.3 is 15.2 Å². The van der Waals surface area contributed by atoms with Gasteiger partial charge in [-0.3, -0.25) is 4.79 Å². The molecule has 0 spiro atoms. The molecule has 0 fully saturated rings. The molecule has 5 nitrogen and oxygen atoms in total. The molecule has 0 aliphatic heterocycles. The van der Waals surface area contributed by atoms with E-state index in [9.17, 15) is 18.4 Å². The summed E-state index contributed by atoms with van der Waals surface area (Å²) in [4.78, 5) is 23.8. The van der Waals surface area contributed by atoms with Crippen LogP contribution in [0.25, 0.3) is 10.1 Å². The van der Waals surface area contributed by atoms with E-state index in [1.807, 2.05) is 13.0 Å². The fraction of sp³-hybridized carbons (Fsp3) is 0.200. The lowest BCUT2D eigenvalue weighted by molar-refractivity contribution is 0.0529. The number of fused-ring (bicyclic) bond motifs is 1. The number of rotatable bonds is 6. The number of benzene rings is 2. The average Bonchev–Trinajstić information content (AvgIpc) is 3.05. The maximum atomic E-state index is 14.2. The first-order valence-corrected chi connectivity index (χ1v) is 9.73. The van der Waals surface area contributed by atoms with Gasteiger partial charge in [0.1, 0.15) is 11.5 Å². The van der Waals surface area contributed by atoms with Gasteiger partial charge in [-0.1, -0.05) is 17.7 Å². The minimum atomic E-state index is -1.08. The summed E-state index contributed by atoms with van der Waals surface area (Å²) in [5.41, 5.74) is 5.98. The number of thiophene rings is 1. The van der Waals surface area contributed by atoms with E-state index >= 15 is 0 Å². The van der Waals surface area contributed by atoms with Crippen LogP contribution in [-0.4, -0.2) is 18.5 Å². The molecule has 0 unspecified atom stereocenters. The molecule has 0 aliphatic rings. The van der Waals surface area contributed by atoms with E-state index < -0.39 is 29.3 Å². The number of amides is 1. The molecule has 2 aromatic carbocycles. The number of carbonyl (C=O) groups excluding carboxylic acids is 2. The maximum Gasteiger partial charge on any atom is 0.348 e. The molecule has 1 aromatic heterocycles. The number of nitrogens with two attached hydrogens (primary N) is 1. The molecule has 0 saturated carbocycles. The Bertz CT molecular complexity index is 1110. The lowest BCUT2D eigenvalue weighted by atomic mass is 10.1. The average molecular weight is 440 g/mol. The summed E-state index contributed by atoms with van der Waals surface area (Å²) in [5.74, 6) is -4.40. The van der Waals surface area contributed by atoms with Crippen LogP contribution in [0.3, 0.4) is 0 Å². The van der Waals surface area contributed by atoms with Crippen molar-refractivity contribution >= 4 is 44.9 Å². The summed E-state index contributed by atoms with van der Waals surface area (Å²) in [6, 6.07) is 5.06. The Morgan fingerprint density at radius 3 is 2.45 bits per heavy atom. The molecular weight excluding hydrogens is 424 g/mol. The van der Waals surface area contributed by atoms with Crippen molar-refractivity contribution in [2.24, 2.45) is 5.73 Å². The van der Waals surface area contributed by atoms with Gasteiger partial charge in [0, 0.05) is 26.2 Å². The van der Waals surface area contributed by atoms with Crippen molar-refractivity contribution in [3.8, 4) is 5.75 Å². The molecule has 0 aliphatic carbocycles. The Kier molecular flexibility index (Phi) is 6.04. The quantitative estimate of drug-likeness (QED) is 0.548. The monoisotopic (exact) mass is 439 g/mol. The van der Waals surface area contributed by atoms with Crippen LogP contribution in [-0.2, 0) is 11.3 Å². The molecule has 29 heavy (non-hydrogen) atoms. The summed E-state index contributed by atoms with van der Waals surface area (Å²) in [7, 11) is 0. The van der Waals surface area contributed by atoms with Crippen LogP contribution in [0.1, 0.15) is 38.1 Å². The van der Waals surface area contributed by atoms with Gasteiger partial charge in [-0.05, 0) is 37.6 Å². The standard InChI is InChI=1S/C20H16ClF2NO4S/c1-3-27-20(26)18-11(15-12(21)5-4-9(2)17(15)29-18)8-28-16-13(22)6-10(19(24)25)7-14(16)23/h4-7H,3,8H2,1-2H3,(H2,24,25). The van der Waals surface area contributed by atoms with E-state index in [0.29, 0.717) is 16.0 Å². The minimum Gasteiger partial charge on any atom is -0.483 e. The van der Waals surface area contributed by atoms with Crippen molar-refractivity contribution in [3.05, 3.63) is 62.5 Å². The Morgan fingerprint density at radius 2 is 1.86 bits per heavy atom. The molecule has 2 N–H and O–H groups in total. The van der Waals surface area contributed by atoms with E-state index in [0.717, 1.165) is 22.4 Å². The number of carbonyl (C=O) groups is 2. The highest BCUT2D eigenvalue weighted by Crippen LogP contribution is 2.39. The zero-order valence-corrected chi connectivity index (χ0v) is 17.0. The van der Waals surface area contributed by atoms with Crippen LogP contribution < -0.4 is 10.5 Å². The molecule has 0 saturated heterocycles. The first-order chi connectivity index (χ1) is 13.7. The molecule has 0 bridgehead atoms. The Morgan fingerprint density at radius 1 is 1.21 bits per heavy atom. The first-order valence-electron chi connectivity index (χ1n) is 8.53. The molecule has 0 atom stereocenters. The number of hydrogen-bond donors (Lipinski definition) is 1. The molecule has 3 rings (SSSR count). The minimum absolute atomic E-state index is 0.165. The third-order valence-electron chi connectivity index (χ3n) is 4.19. The summed E-state index contributed by atoms with van der Waals surface area (Å²) in [6.45, 7) is 3.36. The first kappa shape index (κ1) is 21.0. The van der Waals surface area contributed by atoms with Gasteiger partial charge in [0.25, 0.3) is 0 Å². The summed E-state index contributed by atoms with van der Waals surface area (Å²) in [6.07, 6.45) is 0. The molecule has 1 amide bonds. The molecule has 9 heteroatoms. The van der Waals surface area contributed by atoms with Gasteiger partial charge in [0.15, 0.2) is 17.4 Å². The zero-order chi connectivity index (χ0) is 21.3. The van der Waals surface area contributed by atoms with Gasteiger partial charge in [-0.15, -0.1) is 11.3 Å². The highest BCUT2D eigenvalue weighted by molar-refractivity contribution is 7.21. The molecule has 152 valence electrons. The summed E-state index contributed by atoms with van der Waals surface area (Å²) in [5, 5.41) is 0.940. The molecular formula is C20H16ClF2NO4S. The van der Waals surface area contributed by atoms with Crippen molar-refractivity contribution in [1.29, 1.82) is 0 Å². The van der Waals surface area contributed by atoms with Crippen LogP contribution >= 0.6 is 22.9 Å². The van der Waals surface area contributed by atoms with Gasteiger partial charge in [0.05, 0.1) is 6.61 Å². The van der Waals surface area contributed by atoms with Crippen LogP contribution in [0.5, 0.6) is 5.75 Å². The predicted octanol–water partition coefficient (Wildman–Crippen LogP) is 5.00. The molecule has 1 heterocycles. The summed E-state index contributed by atoms with van der Waals surface area (Å²) < 4.78 is 39.7. The Hall–Kier alpha value is -2.71. The van der Waals surface area contributed by atoms with Crippen LogP contribution in [0.15, 0.2) is 24.3 Å². The van der Waals surface area contributed by atoms with Crippen molar-refractivity contribution in [3.63, 3.8) is 0 Å². The van der Waals surface area contributed by atoms with E-state index in [-0.39, 0.29) is 23.7 Å². The van der Waals surface area contributed by atoms with Gasteiger partial charge in [-0.2, -0.15) is 0 Å². The third-order valence-corrected chi connectivity index (χ3v) is 5.85. The largest absolute Gasteiger partial charge is 0.483 e. The number of ether oxygens (including phenoxy) is 2. The fourth-order valence-electron chi connectivity index (χ4n) is 2.84. The van der Waals surface area contributed by atoms with Crippen molar-refractivity contribution in [2.45, 2.75) is 20.5 Å². The smallest absolute Gasteiger partial charge is 0.348 e. The maximum absolute atomic E-state index is 14.2. The third kappa shape index (κ3) is 4.04.